The molecule has 226 valence electrons. The molecule has 1 N–H and O–H groups in total. The molecule has 0 heterocycles. The zero-order chi connectivity index (χ0) is 31.1. The summed E-state index contributed by atoms with van der Waals surface area (Å²) in [5.41, 5.74) is 1.35. The molecule has 0 aliphatic carbocycles. The number of hydrogen-bond acceptors (Lipinski definition) is 5. The largest absolute Gasteiger partial charge is 0.467 e. The molecule has 0 bridgehead atoms. The first-order valence-electron chi connectivity index (χ1n) is 10.1. The summed E-state index contributed by atoms with van der Waals surface area (Å²) in [4.78, 5) is 11.0. The summed E-state index contributed by atoms with van der Waals surface area (Å²) in [5.74, 6) is -0.0941. The van der Waals surface area contributed by atoms with Gasteiger partial charge in [0.25, 0.3) is 0 Å². The number of halogens is 10. The van der Waals surface area contributed by atoms with E-state index in [2.05, 4.69) is 50.3 Å². The van der Waals surface area contributed by atoms with E-state index in [1.807, 2.05) is 6.07 Å². The number of carbonyl (C=O) groups excluding carboxylic acids is 1. The van der Waals surface area contributed by atoms with Gasteiger partial charge in [-0.1, -0.05) is 36.9 Å². The monoisotopic (exact) mass is 627 g/mol. The predicted octanol–water partition coefficient (Wildman–Crippen LogP) is 4.29. The Kier molecular flexibility index (Phi) is 12.0. The number of amides is 1. The van der Waals surface area contributed by atoms with Gasteiger partial charge < -0.3 is 13.9 Å². The van der Waals surface area contributed by atoms with E-state index in [1.165, 1.54) is 11.6 Å². The fraction of sp³-hybridized carbons (Fsp3) is 0.526. The van der Waals surface area contributed by atoms with Gasteiger partial charge in [0.1, 0.15) is 6.54 Å². The third-order valence-corrected chi connectivity index (χ3v) is 7.71. The summed E-state index contributed by atoms with van der Waals surface area (Å²) in [6, 6.07) is 10.5. The van der Waals surface area contributed by atoms with Crippen LogP contribution in [0.3, 0.4) is 0 Å². The topological polar surface area (TPSA) is 111 Å². The summed E-state index contributed by atoms with van der Waals surface area (Å²) in [6.45, 7) is 6.18. The third-order valence-electron chi connectivity index (χ3n) is 4.38. The molecular formula is C19H23F10N3O5S2. The number of sulfonamides is 2. The van der Waals surface area contributed by atoms with Crippen molar-refractivity contribution in [2.75, 3.05) is 27.2 Å². The van der Waals surface area contributed by atoms with Gasteiger partial charge in [0.2, 0.25) is 5.91 Å². The molecule has 0 aliphatic rings. The standard InChI is InChI=1S/C15H22N2O.C4F10NO4S2/c1-4-15(18)16-11-8-12-17(2,3)13-14-9-6-5-7-10-14;5-1(6,7)3(11,12)20(16,17)15-21(18,19)4(13,14)2(8,9)10/h4-7,9-10H,1,8,11-13H2,2-3H3;/q;-1/p+1. The van der Waals surface area contributed by atoms with Crippen molar-refractivity contribution in [3.8, 4) is 0 Å². The van der Waals surface area contributed by atoms with Crippen molar-refractivity contribution < 1.29 is 70.0 Å². The maximum atomic E-state index is 12.3. The summed E-state index contributed by atoms with van der Waals surface area (Å²) >= 11 is 0. The lowest BCUT2D eigenvalue weighted by molar-refractivity contribution is -0.903. The Labute approximate surface area is 217 Å². The van der Waals surface area contributed by atoms with Crippen molar-refractivity contribution >= 4 is 26.0 Å². The quantitative estimate of drug-likeness (QED) is 0.170. The second kappa shape index (κ2) is 12.8. The van der Waals surface area contributed by atoms with Crippen LogP contribution in [-0.4, -0.2) is 77.3 Å². The number of alkyl halides is 10. The van der Waals surface area contributed by atoms with Crippen LogP contribution in [0.2, 0.25) is 0 Å². The lowest BCUT2D eigenvalue weighted by Gasteiger charge is -2.31. The van der Waals surface area contributed by atoms with Crippen LogP contribution in [0.1, 0.15) is 12.0 Å². The maximum absolute atomic E-state index is 12.3. The van der Waals surface area contributed by atoms with E-state index in [4.69, 9.17) is 0 Å². The van der Waals surface area contributed by atoms with E-state index in [9.17, 15) is 65.5 Å². The molecule has 0 saturated heterocycles. The number of benzene rings is 1. The van der Waals surface area contributed by atoms with Crippen molar-refractivity contribution in [2.45, 2.75) is 35.8 Å². The number of nitrogens with one attached hydrogen (secondary N) is 1. The van der Waals surface area contributed by atoms with E-state index in [0.717, 1.165) is 24.0 Å². The van der Waals surface area contributed by atoms with Gasteiger partial charge in [0.05, 0.1) is 20.6 Å². The summed E-state index contributed by atoms with van der Waals surface area (Å²) in [7, 11) is -10.8. The van der Waals surface area contributed by atoms with E-state index in [-0.39, 0.29) is 5.91 Å². The van der Waals surface area contributed by atoms with Gasteiger partial charge in [-0.25, -0.2) is 16.8 Å². The summed E-state index contributed by atoms with van der Waals surface area (Å²) < 4.78 is 162. The molecule has 0 saturated carbocycles. The Hall–Kier alpha value is -2.45. The highest BCUT2D eigenvalue weighted by atomic mass is 32.3. The minimum atomic E-state index is -7.62. The van der Waals surface area contributed by atoms with Crippen molar-refractivity contribution in [2.24, 2.45) is 0 Å². The molecule has 39 heavy (non-hydrogen) atoms. The number of hydrogen-bond donors (Lipinski definition) is 1. The Morgan fingerprint density at radius 3 is 1.64 bits per heavy atom. The summed E-state index contributed by atoms with van der Waals surface area (Å²) in [6.07, 6.45) is -11.7. The Balaban J connectivity index is 0.000000748. The molecule has 1 aromatic carbocycles. The molecule has 20 heteroatoms. The van der Waals surface area contributed by atoms with Crippen molar-refractivity contribution in [3.05, 3.63) is 52.7 Å². The van der Waals surface area contributed by atoms with E-state index >= 15 is 0 Å². The average molecular weight is 628 g/mol. The SMILES string of the molecule is C=CC(=O)NCCC[N+](C)(C)Cc1ccccc1.O=S(=O)([N-]S(=O)(=O)C(F)(F)C(F)(F)F)C(F)(F)C(F)(F)F. The highest BCUT2D eigenvalue weighted by molar-refractivity contribution is 8.13. The summed E-state index contributed by atoms with van der Waals surface area (Å²) in [5, 5.41) is -11.2. The van der Waals surface area contributed by atoms with Gasteiger partial charge in [0, 0.05) is 18.5 Å². The predicted molar refractivity (Wildman–Crippen MR) is 118 cm³/mol. The van der Waals surface area contributed by atoms with Crippen LogP contribution >= 0.6 is 0 Å². The molecule has 0 unspecified atom stereocenters. The Morgan fingerprint density at radius 1 is 0.872 bits per heavy atom. The maximum Gasteiger partial charge on any atom is 0.467 e. The lowest BCUT2D eigenvalue weighted by Crippen LogP contribution is -2.48. The molecule has 8 nitrogen and oxygen atoms in total. The molecule has 0 radical (unpaired) electrons. The van der Waals surface area contributed by atoms with Crippen LogP contribution in [-0.2, 0) is 31.4 Å². The fourth-order valence-corrected chi connectivity index (χ4v) is 4.83. The van der Waals surface area contributed by atoms with Gasteiger partial charge in [-0.15, -0.1) is 0 Å². The van der Waals surface area contributed by atoms with Gasteiger partial charge in [0.15, 0.2) is 20.0 Å². The normalized spacial score (nSPS) is 13.7. The first kappa shape index (κ1) is 36.5. The minimum Gasteiger partial charge on any atom is -0.425 e. The van der Waals surface area contributed by atoms with Crippen molar-refractivity contribution in [1.82, 2.24) is 5.32 Å². The molecule has 0 aliphatic heterocycles. The van der Waals surface area contributed by atoms with Crippen LogP contribution in [0.15, 0.2) is 43.0 Å². The van der Waals surface area contributed by atoms with Gasteiger partial charge in [-0.2, -0.15) is 43.9 Å². The molecule has 0 spiro atoms. The molecule has 0 atom stereocenters. The Morgan fingerprint density at radius 2 is 1.28 bits per heavy atom. The number of rotatable bonds is 11. The van der Waals surface area contributed by atoms with Crippen molar-refractivity contribution in [3.63, 3.8) is 0 Å². The second-order valence-corrected chi connectivity index (χ2v) is 11.7. The molecule has 1 rings (SSSR count). The number of quaternary nitrogens is 1. The average Bonchev–Trinajstić information content (AvgIpc) is 2.75. The fourth-order valence-electron chi connectivity index (χ4n) is 2.46. The van der Waals surface area contributed by atoms with Crippen LogP contribution in [0.25, 0.3) is 4.13 Å². The second-order valence-electron chi connectivity index (χ2n) is 8.21. The first-order valence-corrected chi connectivity index (χ1v) is 13.0. The van der Waals surface area contributed by atoms with Crippen LogP contribution in [0, 0.1) is 0 Å². The zero-order valence-electron chi connectivity index (χ0n) is 20.0. The molecule has 1 amide bonds. The lowest BCUT2D eigenvalue weighted by atomic mass is 10.2. The first-order chi connectivity index (χ1) is 17.2. The number of carbonyl (C=O) groups is 1. The number of nitrogens with zero attached hydrogens (tertiary/aromatic N) is 2. The molecule has 0 fully saturated rings. The van der Waals surface area contributed by atoms with Crippen molar-refractivity contribution in [1.29, 1.82) is 0 Å². The van der Waals surface area contributed by atoms with Gasteiger partial charge in [-0.05, 0) is 6.08 Å². The zero-order valence-corrected chi connectivity index (χ0v) is 21.7. The van der Waals surface area contributed by atoms with Gasteiger partial charge in [-0.3, -0.25) is 4.79 Å². The highest BCUT2D eigenvalue weighted by Gasteiger charge is 2.68. The van der Waals surface area contributed by atoms with Crippen LogP contribution in [0.4, 0.5) is 43.9 Å². The van der Waals surface area contributed by atoms with Crippen LogP contribution in [0.5, 0.6) is 0 Å². The molecule has 0 aromatic heterocycles. The molecule has 1 aromatic rings. The highest BCUT2D eigenvalue weighted by Crippen LogP contribution is 2.47. The minimum absolute atomic E-state index is 0.0941. The molecular weight excluding hydrogens is 604 g/mol. The third kappa shape index (κ3) is 10.2. The van der Waals surface area contributed by atoms with E-state index < -0.39 is 42.9 Å². The van der Waals surface area contributed by atoms with Crippen LogP contribution < -0.4 is 5.32 Å². The smallest absolute Gasteiger partial charge is 0.425 e. The van der Waals surface area contributed by atoms with Gasteiger partial charge >= 0.3 is 22.9 Å². The van der Waals surface area contributed by atoms with E-state index in [0.29, 0.717) is 10.7 Å². The Bertz CT molecular complexity index is 1130. The van der Waals surface area contributed by atoms with E-state index in [1.54, 1.807) is 0 Å².